The van der Waals surface area contributed by atoms with E-state index in [2.05, 4.69) is 77.8 Å². The average molecular weight is 654 g/mol. The third-order valence-electron chi connectivity index (χ3n) is 9.05. The van der Waals surface area contributed by atoms with E-state index in [9.17, 15) is 5.26 Å². The molecular weight excluding hydrogens is 627 g/mol. The summed E-state index contributed by atoms with van der Waals surface area (Å²) in [5, 5.41) is 11.4. The van der Waals surface area contributed by atoms with E-state index in [-0.39, 0.29) is 0 Å². The van der Waals surface area contributed by atoms with Crippen molar-refractivity contribution < 1.29 is 4.42 Å². The van der Waals surface area contributed by atoms with Crippen molar-refractivity contribution in [3.8, 4) is 73.6 Å². The monoisotopic (exact) mass is 653 g/mol. The Bertz CT molecular complexity index is 2750. The summed E-state index contributed by atoms with van der Waals surface area (Å²) in [5.41, 5.74) is 11.1. The minimum Gasteiger partial charge on any atom is -0.456 e. The molecule has 0 amide bonds. The zero-order chi connectivity index (χ0) is 34.1. The number of fused-ring (bicyclic) bond motifs is 3. The van der Waals surface area contributed by atoms with Gasteiger partial charge in [0.05, 0.1) is 5.56 Å². The molecule has 0 fully saturated rings. The molecule has 238 valence electrons. The van der Waals surface area contributed by atoms with E-state index in [4.69, 9.17) is 19.4 Å². The first-order valence-corrected chi connectivity index (χ1v) is 16.6. The molecule has 0 radical (unpaired) electrons. The van der Waals surface area contributed by atoms with Gasteiger partial charge in [0, 0.05) is 45.4 Å². The number of nitriles is 1. The molecule has 0 aliphatic carbocycles. The van der Waals surface area contributed by atoms with Gasteiger partial charge in [0.25, 0.3) is 0 Å². The van der Waals surface area contributed by atoms with Crippen LogP contribution in [0.1, 0.15) is 5.56 Å². The van der Waals surface area contributed by atoms with Gasteiger partial charge in [-0.1, -0.05) is 121 Å². The van der Waals surface area contributed by atoms with Gasteiger partial charge in [-0.05, 0) is 58.1 Å². The Morgan fingerprint density at radius 2 is 1.02 bits per heavy atom. The third-order valence-corrected chi connectivity index (χ3v) is 9.05. The molecule has 0 saturated heterocycles. The molecule has 51 heavy (non-hydrogen) atoms. The van der Waals surface area contributed by atoms with Gasteiger partial charge in [-0.3, -0.25) is 4.98 Å². The van der Waals surface area contributed by atoms with Crippen LogP contribution in [0.15, 0.2) is 168 Å². The Balaban J connectivity index is 1.13. The average Bonchev–Trinajstić information content (AvgIpc) is 3.60. The van der Waals surface area contributed by atoms with Crippen LogP contribution < -0.4 is 0 Å². The van der Waals surface area contributed by atoms with E-state index in [1.807, 2.05) is 84.9 Å². The largest absolute Gasteiger partial charge is 0.456 e. The highest BCUT2D eigenvalue weighted by Crippen LogP contribution is 2.39. The van der Waals surface area contributed by atoms with Crippen LogP contribution in [0.3, 0.4) is 0 Å². The van der Waals surface area contributed by atoms with Crippen molar-refractivity contribution in [2.75, 3.05) is 0 Å². The Kier molecular flexibility index (Phi) is 7.42. The highest BCUT2D eigenvalue weighted by Gasteiger charge is 2.17. The molecule has 6 heteroatoms. The summed E-state index contributed by atoms with van der Waals surface area (Å²) in [7, 11) is 0. The van der Waals surface area contributed by atoms with Crippen molar-refractivity contribution in [2.45, 2.75) is 0 Å². The van der Waals surface area contributed by atoms with E-state index in [1.54, 1.807) is 12.4 Å². The minimum absolute atomic E-state index is 0.515. The van der Waals surface area contributed by atoms with E-state index in [0.29, 0.717) is 23.0 Å². The molecule has 6 aromatic carbocycles. The summed E-state index contributed by atoms with van der Waals surface area (Å²) in [4.78, 5) is 19.0. The van der Waals surface area contributed by atoms with Gasteiger partial charge in [-0.15, -0.1) is 0 Å². The van der Waals surface area contributed by atoms with E-state index >= 15 is 0 Å². The molecule has 9 rings (SSSR count). The zero-order valence-electron chi connectivity index (χ0n) is 27.2. The number of pyridine rings is 1. The standard InChI is InChI=1S/C45H27N5O/c46-26-29-23-37(28-47-27-29)31-17-19-33(20-18-31)44-48-43(32-11-5-2-6-12-32)49-45(50-44)36-21-22-39-41(25-36)51-40-16-8-15-38(42(39)40)35-14-7-13-34(24-35)30-9-3-1-4-10-30/h1-25,27-28H. The van der Waals surface area contributed by atoms with E-state index in [1.165, 1.54) is 11.1 Å². The normalized spacial score (nSPS) is 11.1. The third kappa shape index (κ3) is 5.69. The summed E-state index contributed by atoms with van der Waals surface area (Å²) < 4.78 is 6.50. The molecule has 0 spiro atoms. The van der Waals surface area contributed by atoms with Gasteiger partial charge in [0.2, 0.25) is 0 Å². The Hall–Kier alpha value is -7.23. The van der Waals surface area contributed by atoms with E-state index in [0.717, 1.165) is 60.9 Å². The molecule has 0 saturated carbocycles. The van der Waals surface area contributed by atoms with Crippen LogP contribution in [0, 0.1) is 11.3 Å². The first kappa shape index (κ1) is 29.9. The fourth-order valence-electron chi connectivity index (χ4n) is 6.52. The molecule has 3 heterocycles. The lowest BCUT2D eigenvalue weighted by Gasteiger charge is -2.09. The summed E-state index contributed by atoms with van der Waals surface area (Å²) in [6, 6.07) is 53.3. The second-order valence-electron chi connectivity index (χ2n) is 12.3. The lowest BCUT2D eigenvalue weighted by Crippen LogP contribution is -2.00. The number of nitrogens with zero attached hydrogens (tertiary/aromatic N) is 5. The maximum Gasteiger partial charge on any atom is 0.164 e. The van der Waals surface area contributed by atoms with Gasteiger partial charge < -0.3 is 4.42 Å². The first-order valence-electron chi connectivity index (χ1n) is 16.6. The molecule has 9 aromatic rings. The van der Waals surface area contributed by atoms with Crippen molar-refractivity contribution in [1.29, 1.82) is 5.26 Å². The predicted molar refractivity (Wildman–Crippen MR) is 202 cm³/mol. The summed E-state index contributed by atoms with van der Waals surface area (Å²) >= 11 is 0. The topological polar surface area (TPSA) is 88.5 Å². The number of rotatable bonds is 6. The van der Waals surface area contributed by atoms with E-state index < -0.39 is 0 Å². The van der Waals surface area contributed by atoms with Crippen molar-refractivity contribution in [3.63, 3.8) is 0 Å². The molecule has 0 unspecified atom stereocenters. The molecule has 0 bridgehead atoms. The van der Waals surface area contributed by atoms with Gasteiger partial charge in [0.1, 0.15) is 17.2 Å². The second kappa shape index (κ2) is 12.7. The Labute approximate surface area is 294 Å². The van der Waals surface area contributed by atoms with Gasteiger partial charge >= 0.3 is 0 Å². The van der Waals surface area contributed by atoms with Crippen LogP contribution in [0.25, 0.3) is 89.5 Å². The lowest BCUT2D eigenvalue weighted by molar-refractivity contribution is 0.669. The first-order chi connectivity index (χ1) is 25.2. The predicted octanol–water partition coefficient (Wildman–Crippen LogP) is 11.0. The SMILES string of the molecule is N#Cc1cncc(-c2ccc(-c3nc(-c4ccccc4)nc(-c4ccc5c(c4)oc4cccc(-c6cccc(-c7ccccc7)c6)c45)n3)cc2)c1. The maximum absolute atomic E-state index is 9.32. The van der Waals surface area contributed by atoms with Crippen molar-refractivity contribution >= 4 is 21.9 Å². The highest BCUT2D eigenvalue weighted by atomic mass is 16.3. The summed E-state index contributed by atoms with van der Waals surface area (Å²) in [5.74, 6) is 1.68. The summed E-state index contributed by atoms with van der Waals surface area (Å²) in [6.45, 7) is 0. The van der Waals surface area contributed by atoms with Crippen LogP contribution >= 0.6 is 0 Å². The van der Waals surface area contributed by atoms with Crippen LogP contribution in [0.4, 0.5) is 0 Å². The lowest BCUT2D eigenvalue weighted by atomic mass is 9.96. The van der Waals surface area contributed by atoms with Crippen LogP contribution in [0.2, 0.25) is 0 Å². The van der Waals surface area contributed by atoms with Gasteiger partial charge in [-0.25, -0.2) is 15.0 Å². The fourth-order valence-corrected chi connectivity index (χ4v) is 6.52. The molecule has 3 aromatic heterocycles. The quantitative estimate of drug-likeness (QED) is 0.177. The molecular formula is C45H27N5O. The second-order valence-corrected chi connectivity index (χ2v) is 12.3. The fraction of sp³-hybridized carbons (Fsp3) is 0. The van der Waals surface area contributed by atoms with Crippen LogP contribution in [-0.4, -0.2) is 19.9 Å². The van der Waals surface area contributed by atoms with Crippen molar-refractivity contribution in [3.05, 3.63) is 170 Å². The number of hydrogen-bond acceptors (Lipinski definition) is 6. The smallest absolute Gasteiger partial charge is 0.164 e. The zero-order valence-corrected chi connectivity index (χ0v) is 27.2. The van der Waals surface area contributed by atoms with Crippen molar-refractivity contribution in [2.24, 2.45) is 0 Å². The molecule has 0 atom stereocenters. The Morgan fingerprint density at radius 1 is 0.431 bits per heavy atom. The van der Waals surface area contributed by atoms with Gasteiger partial charge in [0.15, 0.2) is 17.5 Å². The molecule has 0 N–H and O–H groups in total. The highest BCUT2D eigenvalue weighted by molar-refractivity contribution is 6.13. The number of aromatic nitrogens is 4. The minimum atomic E-state index is 0.515. The van der Waals surface area contributed by atoms with Gasteiger partial charge in [-0.2, -0.15) is 5.26 Å². The molecule has 6 nitrogen and oxygen atoms in total. The number of benzene rings is 6. The maximum atomic E-state index is 9.32. The van der Waals surface area contributed by atoms with Crippen LogP contribution in [-0.2, 0) is 0 Å². The molecule has 0 aliphatic heterocycles. The number of furan rings is 1. The molecule has 0 aliphatic rings. The Morgan fingerprint density at radius 3 is 1.76 bits per heavy atom. The summed E-state index contributed by atoms with van der Waals surface area (Å²) in [6.07, 6.45) is 3.31. The van der Waals surface area contributed by atoms with Crippen molar-refractivity contribution in [1.82, 2.24) is 19.9 Å². The van der Waals surface area contributed by atoms with Crippen LogP contribution in [0.5, 0.6) is 0 Å². The number of hydrogen-bond donors (Lipinski definition) is 0.